The molecular weight excluding hydrogens is 170 g/mol. The van der Waals surface area contributed by atoms with Crippen LogP contribution in [0.1, 0.15) is 18.6 Å². The van der Waals surface area contributed by atoms with Crippen LogP contribution in [-0.4, -0.2) is 18.0 Å². The Bertz CT molecular complexity index is 253. The van der Waals surface area contributed by atoms with Crippen molar-refractivity contribution in [3.63, 3.8) is 0 Å². The Morgan fingerprint density at radius 1 is 1.33 bits per heavy atom. The molecule has 0 atom stereocenters. The zero-order valence-electron chi connectivity index (χ0n) is 6.99. The van der Waals surface area contributed by atoms with Gasteiger partial charge in [0.05, 0.1) is 6.54 Å². The monoisotopic (exact) mass is 183 g/mol. The molecule has 0 spiro atoms. The van der Waals surface area contributed by atoms with E-state index in [1.54, 1.807) is 0 Å². The molecule has 0 saturated carbocycles. The van der Waals surface area contributed by atoms with Gasteiger partial charge in [0.25, 0.3) is 0 Å². The first-order valence-corrected chi connectivity index (χ1v) is 4.79. The zero-order valence-corrected chi connectivity index (χ0v) is 7.89. The lowest BCUT2D eigenvalue weighted by atomic mass is 10.4. The summed E-state index contributed by atoms with van der Waals surface area (Å²) >= 11 is 4.12. The highest BCUT2D eigenvalue weighted by molar-refractivity contribution is 7.80. The van der Waals surface area contributed by atoms with E-state index >= 15 is 0 Å². The van der Waals surface area contributed by atoms with Gasteiger partial charge in [0, 0.05) is 0 Å². The van der Waals surface area contributed by atoms with Crippen LogP contribution in [0.2, 0.25) is 0 Å². The van der Waals surface area contributed by atoms with Crippen LogP contribution in [0.5, 0.6) is 0 Å². The second-order valence-electron chi connectivity index (χ2n) is 3.22. The third kappa shape index (κ3) is 1.84. The lowest BCUT2D eigenvalue weighted by molar-refractivity contribution is 0.286. The molecule has 1 aromatic heterocycles. The van der Waals surface area contributed by atoms with Gasteiger partial charge in [-0.15, -0.1) is 12.6 Å². The van der Waals surface area contributed by atoms with Crippen LogP contribution in [0.25, 0.3) is 0 Å². The number of hydrogen-bond acceptors (Lipinski definition) is 3. The van der Waals surface area contributed by atoms with Crippen molar-refractivity contribution in [2.75, 3.05) is 13.1 Å². The van der Waals surface area contributed by atoms with Crippen molar-refractivity contribution in [2.24, 2.45) is 0 Å². The molecule has 1 aliphatic heterocycles. The fourth-order valence-electron chi connectivity index (χ4n) is 1.61. The Kier molecular flexibility index (Phi) is 2.42. The summed E-state index contributed by atoms with van der Waals surface area (Å²) in [6, 6.07) is 3.90. The first-order valence-electron chi connectivity index (χ1n) is 4.34. The lowest BCUT2D eigenvalue weighted by Crippen LogP contribution is -2.17. The number of likely N-dealkylation sites (tertiary alicyclic amines) is 1. The van der Waals surface area contributed by atoms with Gasteiger partial charge in [-0.3, -0.25) is 4.90 Å². The molecule has 2 heterocycles. The minimum atomic E-state index is 0.712. The summed E-state index contributed by atoms with van der Waals surface area (Å²) in [4.78, 5) is 2.41. The molecule has 0 bridgehead atoms. The summed E-state index contributed by atoms with van der Waals surface area (Å²) in [7, 11) is 0. The van der Waals surface area contributed by atoms with Gasteiger partial charge in [-0.2, -0.15) is 0 Å². The van der Waals surface area contributed by atoms with Gasteiger partial charge in [-0.25, -0.2) is 0 Å². The van der Waals surface area contributed by atoms with Crippen molar-refractivity contribution in [1.82, 2.24) is 4.90 Å². The third-order valence-electron chi connectivity index (χ3n) is 2.23. The maximum absolute atomic E-state index is 5.37. The number of furan rings is 1. The minimum absolute atomic E-state index is 0.712. The van der Waals surface area contributed by atoms with Crippen LogP contribution in [0.3, 0.4) is 0 Å². The fourth-order valence-corrected chi connectivity index (χ4v) is 1.80. The predicted molar refractivity (Wildman–Crippen MR) is 50.5 cm³/mol. The van der Waals surface area contributed by atoms with Crippen LogP contribution in [0.4, 0.5) is 0 Å². The van der Waals surface area contributed by atoms with Crippen molar-refractivity contribution in [3.05, 3.63) is 17.9 Å². The molecule has 3 heteroatoms. The van der Waals surface area contributed by atoms with Crippen LogP contribution in [-0.2, 0) is 6.54 Å². The second kappa shape index (κ2) is 3.54. The van der Waals surface area contributed by atoms with Gasteiger partial charge < -0.3 is 4.42 Å². The number of rotatable bonds is 2. The maximum Gasteiger partial charge on any atom is 0.157 e. The van der Waals surface area contributed by atoms with Gasteiger partial charge in [0.15, 0.2) is 5.09 Å². The van der Waals surface area contributed by atoms with E-state index in [9.17, 15) is 0 Å². The van der Waals surface area contributed by atoms with Crippen molar-refractivity contribution in [2.45, 2.75) is 24.5 Å². The average molecular weight is 183 g/mol. The van der Waals surface area contributed by atoms with E-state index in [1.807, 2.05) is 12.1 Å². The number of nitrogens with zero attached hydrogens (tertiary/aromatic N) is 1. The summed E-state index contributed by atoms with van der Waals surface area (Å²) < 4.78 is 5.37. The maximum atomic E-state index is 5.37. The van der Waals surface area contributed by atoms with Crippen LogP contribution in [0.15, 0.2) is 21.6 Å². The van der Waals surface area contributed by atoms with Crippen molar-refractivity contribution in [1.29, 1.82) is 0 Å². The molecule has 1 saturated heterocycles. The van der Waals surface area contributed by atoms with Crippen molar-refractivity contribution < 1.29 is 4.42 Å². The van der Waals surface area contributed by atoms with Gasteiger partial charge in [-0.1, -0.05) is 0 Å². The average Bonchev–Trinajstić information content (AvgIpc) is 2.63. The summed E-state index contributed by atoms with van der Waals surface area (Å²) in [5.74, 6) is 1.03. The first-order chi connectivity index (χ1) is 5.84. The Labute approximate surface area is 78.0 Å². The van der Waals surface area contributed by atoms with Gasteiger partial charge in [0.2, 0.25) is 0 Å². The molecule has 1 aromatic rings. The number of thiol groups is 1. The van der Waals surface area contributed by atoms with Crippen LogP contribution >= 0.6 is 12.6 Å². The third-order valence-corrected chi connectivity index (χ3v) is 2.47. The minimum Gasteiger partial charge on any atom is -0.454 e. The van der Waals surface area contributed by atoms with Gasteiger partial charge in [0.1, 0.15) is 5.76 Å². The summed E-state index contributed by atoms with van der Waals surface area (Å²) in [6.07, 6.45) is 2.66. The molecule has 0 aliphatic carbocycles. The van der Waals surface area contributed by atoms with E-state index in [2.05, 4.69) is 17.5 Å². The second-order valence-corrected chi connectivity index (χ2v) is 3.66. The smallest absolute Gasteiger partial charge is 0.157 e. The zero-order chi connectivity index (χ0) is 8.39. The SMILES string of the molecule is Sc1ccc(CN2CCCC2)o1. The molecule has 66 valence electrons. The molecule has 1 fully saturated rings. The largest absolute Gasteiger partial charge is 0.454 e. The lowest BCUT2D eigenvalue weighted by Gasteiger charge is -2.11. The van der Waals surface area contributed by atoms with Crippen LogP contribution < -0.4 is 0 Å². The Hall–Kier alpha value is -0.410. The first kappa shape index (κ1) is 8.20. The Morgan fingerprint density at radius 2 is 2.08 bits per heavy atom. The number of hydrogen-bond donors (Lipinski definition) is 1. The quantitative estimate of drug-likeness (QED) is 0.707. The van der Waals surface area contributed by atoms with E-state index < -0.39 is 0 Å². The molecule has 0 unspecified atom stereocenters. The Morgan fingerprint density at radius 3 is 2.67 bits per heavy atom. The highest BCUT2D eigenvalue weighted by atomic mass is 32.1. The van der Waals surface area contributed by atoms with Gasteiger partial charge >= 0.3 is 0 Å². The molecular formula is C9H13NOS. The van der Waals surface area contributed by atoms with Crippen molar-refractivity contribution in [3.8, 4) is 0 Å². The molecule has 1 aliphatic rings. The van der Waals surface area contributed by atoms with E-state index in [0.29, 0.717) is 5.09 Å². The van der Waals surface area contributed by atoms with Crippen molar-refractivity contribution >= 4 is 12.6 Å². The molecule has 0 radical (unpaired) electrons. The molecule has 2 nitrogen and oxygen atoms in total. The van der Waals surface area contributed by atoms with E-state index in [1.165, 1.54) is 25.9 Å². The molecule has 12 heavy (non-hydrogen) atoms. The molecule has 0 N–H and O–H groups in total. The standard InChI is InChI=1S/C9H13NOS/c12-9-4-3-8(11-9)7-10-5-1-2-6-10/h3-4,12H,1-2,5-7H2. The Balaban J connectivity index is 1.94. The molecule has 0 aromatic carbocycles. The topological polar surface area (TPSA) is 16.4 Å². The molecule has 2 rings (SSSR count). The van der Waals surface area contributed by atoms with Gasteiger partial charge in [-0.05, 0) is 38.1 Å². The summed E-state index contributed by atoms with van der Waals surface area (Å²) in [5, 5.41) is 0.712. The van der Waals surface area contributed by atoms with E-state index in [-0.39, 0.29) is 0 Å². The highest BCUT2D eigenvalue weighted by Gasteiger charge is 2.12. The molecule has 0 amide bonds. The highest BCUT2D eigenvalue weighted by Crippen LogP contribution is 2.16. The summed E-state index contributed by atoms with van der Waals surface area (Å²) in [5.41, 5.74) is 0. The fraction of sp³-hybridized carbons (Fsp3) is 0.556. The van der Waals surface area contributed by atoms with E-state index in [0.717, 1.165) is 12.3 Å². The van der Waals surface area contributed by atoms with E-state index in [4.69, 9.17) is 4.42 Å². The summed E-state index contributed by atoms with van der Waals surface area (Å²) in [6.45, 7) is 3.37. The predicted octanol–water partition coefficient (Wildman–Crippen LogP) is 2.16. The van der Waals surface area contributed by atoms with Crippen LogP contribution in [0, 0.1) is 0 Å². The normalized spacial score (nSPS) is 18.8.